The molecule has 0 N–H and O–H groups in total. The Balaban J connectivity index is 1.72. The van der Waals surface area contributed by atoms with E-state index in [0.29, 0.717) is 11.6 Å². The number of rotatable bonds is 2. The summed E-state index contributed by atoms with van der Waals surface area (Å²) >= 11 is 0. The lowest BCUT2D eigenvalue weighted by Gasteiger charge is -2.30. The van der Waals surface area contributed by atoms with Gasteiger partial charge in [0, 0.05) is 12.0 Å². The van der Waals surface area contributed by atoms with Crippen LogP contribution in [0, 0.1) is 0 Å². The maximum absolute atomic E-state index is 14.0. The van der Waals surface area contributed by atoms with Crippen LogP contribution in [0.1, 0.15) is 40.7 Å². The summed E-state index contributed by atoms with van der Waals surface area (Å²) in [6.07, 6.45) is -7.63. The summed E-state index contributed by atoms with van der Waals surface area (Å²) in [5.74, 6) is 0. The zero-order valence-corrected chi connectivity index (χ0v) is 14.5. The van der Waals surface area contributed by atoms with Crippen molar-refractivity contribution in [3.05, 3.63) is 70.3 Å². The molecule has 1 heterocycles. The van der Waals surface area contributed by atoms with Crippen molar-refractivity contribution in [2.75, 3.05) is 0 Å². The largest absolute Gasteiger partial charge is 0.435 e. The Hall–Kier alpha value is -2.51. The van der Waals surface area contributed by atoms with Gasteiger partial charge in [0.25, 0.3) is 5.60 Å². The highest BCUT2D eigenvalue weighted by Crippen LogP contribution is 2.49. The third-order valence-electron chi connectivity index (χ3n) is 5.27. The average molecular weight is 399 g/mol. The van der Waals surface area contributed by atoms with Crippen molar-refractivity contribution in [3.63, 3.8) is 0 Å². The third-order valence-corrected chi connectivity index (χ3v) is 5.27. The highest BCUT2D eigenvalue weighted by molar-refractivity contribution is 6.02. The number of benzene rings is 2. The smallest absolute Gasteiger partial charge is 0.374 e. The Labute approximate surface area is 156 Å². The molecule has 0 saturated carbocycles. The number of oxime groups is 1. The van der Waals surface area contributed by atoms with Gasteiger partial charge in [0.2, 0.25) is 0 Å². The van der Waals surface area contributed by atoms with E-state index < -0.39 is 35.5 Å². The molecule has 1 aliphatic carbocycles. The molecule has 1 unspecified atom stereocenters. The van der Waals surface area contributed by atoms with E-state index in [2.05, 4.69) is 5.16 Å². The zero-order valence-electron chi connectivity index (χ0n) is 14.5. The Bertz CT molecular complexity index is 946. The van der Waals surface area contributed by atoms with Crippen molar-refractivity contribution in [1.29, 1.82) is 0 Å². The maximum Gasteiger partial charge on any atom is 0.435 e. The Morgan fingerprint density at radius 2 is 1.64 bits per heavy atom. The summed E-state index contributed by atoms with van der Waals surface area (Å²) in [7, 11) is 0. The molecule has 0 bridgehead atoms. The second-order valence-electron chi connectivity index (χ2n) is 7.05. The van der Waals surface area contributed by atoms with Crippen LogP contribution in [-0.2, 0) is 29.5 Å². The first kappa shape index (κ1) is 18.8. The predicted octanol–water partition coefficient (Wildman–Crippen LogP) is 5.78. The molecule has 0 aromatic heterocycles. The fourth-order valence-corrected chi connectivity index (χ4v) is 3.76. The molecule has 0 fully saturated rings. The molecular weight excluding hydrogens is 384 g/mol. The monoisotopic (exact) mass is 399 g/mol. The van der Waals surface area contributed by atoms with Gasteiger partial charge < -0.3 is 4.84 Å². The fraction of sp³-hybridized carbons (Fsp3) is 0.350. The van der Waals surface area contributed by atoms with Gasteiger partial charge in [-0.3, -0.25) is 0 Å². The van der Waals surface area contributed by atoms with Gasteiger partial charge in [-0.25, -0.2) is 0 Å². The lowest BCUT2D eigenvalue weighted by molar-refractivity contribution is -0.276. The normalized spacial score (nSPS) is 22.0. The highest BCUT2D eigenvalue weighted by atomic mass is 19.4. The number of aryl methyl sites for hydroxylation is 2. The maximum atomic E-state index is 14.0. The topological polar surface area (TPSA) is 21.6 Å². The first-order valence-corrected chi connectivity index (χ1v) is 8.72. The predicted molar refractivity (Wildman–Crippen MR) is 89.9 cm³/mol. The van der Waals surface area contributed by atoms with E-state index in [1.165, 1.54) is 0 Å². The minimum atomic E-state index is -4.95. The molecule has 0 saturated heterocycles. The molecule has 148 valence electrons. The van der Waals surface area contributed by atoms with Crippen molar-refractivity contribution in [2.24, 2.45) is 5.16 Å². The molecule has 4 rings (SSSR count). The van der Waals surface area contributed by atoms with Gasteiger partial charge >= 0.3 is 12.4 Å². The quantitative estimate of drug-likeness (QED) is 0.587. The summed E-state index contributed by atoms with van der Waals surface area (Å²) in [5.41, 5.74) is -1.93. The van der Waals surface area contributed by atoms with Gasteiger partial charge in [0.15, 0.2) is 0 Å². The van der Waals surface area contributed by atoms with E-state index in [-0.39, 0.29) is 5.71 Å². The molecule has 0 amide bonds. The van der Waals surface area contributed by atoms with Gasteiger partial charge in [-0.2, -0.15) is 26.3 Å². The van der Waals surface area contributed by atoms with Gasteiger partial charge in [-0.05, 0) is 54.2 Å². The van der Waals surface area contributed by atoms with Crippen LogP contribution in [0.25, 0.3) is 0 Å². The number of fused-ring (bicyclic) bond motifs is 1. The molecule has 2 aromatic carbocycles. The van der Waals surface area contributed by atoms with Crippen molar-refractivity contribution in [2.45, 2.75) is 43.6 Å². The first-order valence-electron chi connectivity index (χ1n) is 8.72. The second-order valence-corrected chi connectivity index (χ2v) is 7.05. The third kappa shape index (κ3) is 3.04. The number of hydrogen-bond donors (Lipinski definition) is 0. The first-order chi connectivity index (χ1) is 13.1. The Kier molecular flexibility index (Phi) is 4.21. The average Bonchev–Trinajstić information content (AvgIpc) is 3.27. The molecule has 0 radical (unpaired) electrons. The molecule has 28 heavy (non-hydrogen) atoms. The molecule has 1 aliphatic heterocycles. The molecule has 8 heteroatoms. The lowest BCUT2D eigenvalue weighted by atomic mass is 9.85. The summed E-state index contributed by atoms with van der Waals surface area (Å²) in [4.78, 5) is 4.84. The van der Waals surface area contributed by atoms with Crippen LogP contribution in [0.5, 0.6) is 0 Å². The van der Waals surface area contributed by atoms with E-state index in [9.17, 15) is 26.3 Å². The van der Waals surface area contributed by atoms with Gasteiger partial charge in [-0.15, -0.1) is 0 Å². The van der Waals surface area contributed by atoms with Crippen LogP contribution in [0.15, 0.2) is 47.6 Å². The summed E-state index contributed by atoms with van der Waals surface area (Å²) in [6.45, 7) is 0. The van der Waals surface area contributed by atoms with Crippen molar-refractivity contribution in [3.8, 4) is 0 Å². The van der Waals surface area contributed by atoms with E-state index in [1.54, 1.807) is 12.1 Å². The second kappa shape index (κ2) is 6.25. The Morgan fingerprint density at radius 3 is 2.36 bits per heavy atom. The van der Waals surface area contributed by atoms with E-state index >= 15 is 0 Å². The summed E-state index contributed by atoms with van der Waals surface area (Å²) < 4.78 is 80.9. The zero-order chi connectivity index (χ0) is 20.2. The SMILES string of the molecule is FC(F)(F)c1cccc(C2(C(F)(F)F)CC(c3ccc4c(c3)CCC4)=NO2)c1. The van der Waals surface area contributed by atoms with Crippen LogP contribution in [0.3, 0.4) is 0 Å². The molecule has 2 aliphatic rings. The van der Waals surface area contributed by atoms with Gasteiger partial charge in [0.1, 0.15) is 0 Å². The van der Waals surface area contributed by atoms with E-state index in [1.807, 2.05) is 6.07 Å². The van der Waals surface area contributed by atoms with Crippen molar-refractivity contribution in [1.82, 2.24) is 0 Å². The molecule has 2 nitrogen and oxygen atoms in total. The van der Waals surface area contributed by atoms with Crippen molar-refractivity contribution >= 4 is 5.71 Å². The fourth-order valence-electron chi connectivity index (χ4n) is 3.76. The summed E-state index contributed by atoms with van der Waals surface area (Å²) in [6, 6.07) is 8.48. The standard InChI is InChI=1S/C20H15F6NO/c21-19(22,23)16-6-2-5-15(10-16)18(20(24,25)26)11-17(27-28-18)14-8-7-12-3-1-4-13(12)9-14/h2,5-10H,1,3-4,11H2. The minimum absolute atomic E-state index is 0.0736. The van der Waals surface area contributed by atoms with Crippen LogP contribution < -0.4 is 0 Å². The van der Waals surface area contributed by atoms with Crippen LogP contribution in [0.2, 0.25) is 0 Å². The molecule has 0 spiro atoms. The lowest BCUT2D eigenvalue weighted by Crippen LogP contribution is -2.42. The van der Waals surface area contributed by atoms with E-state index in [4.69, 9.17) is 4.84 Å². The Morgan fingerprint density at radius 1 is 0.893 bits per heavy atom. The van der Waals surface area contributed by atoms with Gasteiger partial charge in [0.05, 0.1) is 11.3 Å². The summed E-state index contributed by atoms with van der Waals surface area (Å²) in [5, 5.41) is 3.64. The van der Waals surface area contributed by atoms with E-state index in [0.717, 1.165) is 48.6 Å². The molecule has 2 aromatic rings. The van der Waals surface area contributed by atoms with Crippen LogP contribution in [-0.4, -0.2) is 11.9 Å². The molecule has 1 atom stereocenters. The van der Waals surface area contributed by atoms with Crippen LogP contribution >= 0.6 is 0 Å². The van der Waals surface area contributed by atoms with Crippen molar-refractivity contribution < 1.29 is 31.2 Å². The van der Waals surface area contributed by atoms with Gasteiger partial charge in [-0.1, -0.05) is 29.4 Å². The number of hydrogen-bond acceptors (Lipinski definition) is 2. The number of alkyl halides is 6. The number of halogens is 6. The molecular formula is C20H15F6NO. The number of nitrogens with zero attached hydrogens (tertiary/aromatic N) is 1. The van der Waals surface area contributed by atoms with Crippen LogP contribution in [0.4, 0.5) is 26.3 Å². The highest BCUT2D eigenvalue weighted by Gasteiger charge is 2.62. The minimum Gasteiger partial charge on any atom is -0.374 e.